The molecular weight excluding hydrogens is 312 g/mol. The van der Waals surface area contributed by atoms with Gasteiger partial charge in [0, 0.05) is 18.1 Å². The van der Waals surface area contributed by atoms with E-state index in [0.717, 1.165) is 24.1 Å². The molecule has 0 bridgehead atoms. The Morgan fingerprint density at radius 2 is 2.37 bits per heavy atom. The summed E-state index contributed by atoms with van der Waals surface area (Å²) in [6.45, 7) is 2.23. The fourth-order valence-corrected chi connectivity index (χ4v) is 2.50. The quantitative estimate of drug-likeness (QED) is 0.753. The molecule has 0 saturated carbocycles. The van der Waals surface area contributed by atoms with Crippen LogP contribution >= 0.6 is 15.9 Å². The van der Waals surface area contributed by atoms with E-state index in [0.29, 0.717) is 23.8 Å². The molecular formula is C14H17BrO4. The number of ether oxygens (including phenoxy) is 3. The van der Waals surface area contributed by atoms with Crippen LogP contribution in [0.2, 0.25) is 0 Å². The summed E-state index contributed by atoms with van der Waals surface area (Å²) in [5.74, 6) is 1.11. The molecule has 0 aromatic heterocycles. The molecule has 1 aliphatic heterocycles. The van der Waals surface area contributed by atoms with E-state index in [1.54, 1.807) is 25.3 Å². The summed E-state index contributed by atoms with van der Waals surface area (Å²) in [5, 5.41) is 0. The molecule has 1 heterocycles. The van der Waals surface area contributed by atoms with Gasteiger partial charge in [0.25, 0.3) is 0 Å². The van der Waals surface area contributed by atoms with Crippen molar-refractivity contribution in [1.29, 1.82) is 0 Å². The van der Waals surface area contributed by atoms with Crippen molar-refractivity contribution in [1.82, 2.24) is 0 Å². The van der Waals surface area contributed by atoms with Crippen LogP contribution in [0.4, 0.5) is 0 Å². The predicted octanol–water partition coefficient (Wildman–Crippen LogP) is 2.69. The topological polar surface area (TPSA) is 44.8 Å². The van der Waals surface area contributed by atoms with E-state index in [1.165, 1.54) is 0 Å². The zero-order chi connectivity index (χ0) is 13.7. The van der Waals surface area contributed by atoms with Crippen LogP contribution in [0.3, 0.4) is 0 Å². The number of carbonyl (C=O) groups is 1. The van der Waals surface area contributed by atoms with Gasteiger partial charge in [0.2, 0.25) is 0 Å². The average molecular weight is 329 g/mol. The van der Waals surface area contributed by atoms with Crippen molar-refractivity contribution < 1.29 is 19.0 Å². The number of methoxy groups -OCH3 is 1. The van der Waals surface area contributed by atoms with Crippen LogP contribution in [0.5, 0.6) is 5.75 Å². The van der Waals surface area contributed by atoms with Gasteiger partial charge in [-0.25, -0.2) is 0 Å². The molecule has 0 radical (unpaired) electrons. The number of hydrogen-bond acceptors (Lipinski definition) is 4. The highest BCUT2D eigenvalue weighted by Gasteiger charge is 2.16. The number of halogens is 1. The van der Waals surface area contributed by atoms with Gasteiger partial charge in [-0.05, 0) is 40.5 Å². The number of carbonyl (C=O) groups excluding carboxylic acids is 1. The van der Waals surface area contributed by atoms with Crippen LogP contribution in [0.15, 0.2) is 22.7 Å². The van der Waals surface area contributed by atoms with E-state index in [9.17, 15) is 4.79 Å². The first-order valence-electron chi connectivity index (χ1n) is 6.23. The van der Waals surface area contributed by atoms with Gasteiger partial charge in [-0.15, -0.1) is 0 Å². The van der Waals surface area contributed by atoms with E-state index in [4.69, 9.17) is 14.2 Å². The van der Waals surface area contributed by atoms with Crippen LogP contribution in [0.1, 0.15) is 16.8 Å². The maximum Gasteiger partial charge on any atom is 0.188 e. The highest BCUT2D eigenvalue weighted by molar-refractivity contribution is 9.10. The lowest BCUT2D eigenvalue weighted by Crippen LogP contribution is -2.15. The number of benzene rings is 1. The van der Waals surface area contributed by atoms with Gasteiger partial charge in [0.05, 0.1) is 24.8 Å². The fraction of sp³-hybridized carbons (Fsp3) is 0.500. The lowest BCUT2D eigenvalue weighted by Gasteiger charge is -2.09. The molecule has 1 unspecified atom stereocenters. The summed E-state index contributed by atoms with van der Waals surface area (Å²) in [4.78, 5) is 12.0. The lowest BCUT2D eigenvalue weighted by molar-refractivity contribution is 0.0651. The molecule has 4 nitrogen and oxygen atoms in total. The Bertz CT molecular complexity index is 441. The van der Waals surface area contributed by atoms with Gasteiger partial charge in [-0.3, -0.25) is 4.79 Å². The maximum atomic E-state index is 12.0. The van der Waals surface area contributed by atoms with E-state index in [-0.39, 0.29) is 12.4 Å². The van der Waals surface area contributed by atoms with E-state index >= 15 is 0 Å². The zero-order valence-electron chi connectivity index (χ0n) is 10.9. The molecule has 0 amide bonds. The molecule has 1 aromatic rings. The van der Waals surface area contributed by atoms with Crippen molar-refractivity contribution in [3.63, 3.8) is 0 Å². The lowest BCUT2D eigenvalue weighted by atomic mass is 10.1. The van der Waals surface area contributed by atoms with Gasteiger partial charge < -0.3 is 14.2 Å². The Labute approximate surface area is 121 Å². The molecule has 0 spiro atoms. The first-order valence-corrected chi connectivity index (χ1v) is 7.02. The number of rotatable bonds is 6. The second-order valence-electron chi connectivity index (χ2n) is 4.52. The molecule has 5 heteroatoms. The van der Waals surface area contributed by atoms with E-state index in [2.05, 4.69) is 15.9 Å². The van der Waals surface area contributed by atoms with Crippen molar-refractivity contribution in [2.24, 2.45) is 5.92 Å². The van der Waals surface area contributed by atoms with Gasteiger partial charge in [0.1, 0.15) is 12.4 Å². The van der Waals surface area contributed by atoms with Crippen molar-refractivity contribution in [2.45, 2.75) is 6.42 Å². The van der Waals surface area contributed by atoms with Crippen molar-refractivity contribution in [3.05, 3.63) is 28.2 Å². The second-order valence-corrected chi connectivity index (χ2v) is 5.37. The fourth-order valence-electron chi connectivity index (χ4n) is 1.96. The average Bonchev–Trinajstić information content (AvgIpc) is 2.91. The van der Waals surface area contributed by atoms with Gasteiger partial charge in [-0.1, -0.05) is 0 Å². The number of ketones is 1. The van der Waals surface area contributed by atoms with E-state index in [1.807, 2.05) is 0 Å². The van der Waals surface area contributed by atoms with Crippen LogP contribution in [-0.4, -0.2) is 39.3 Å². The standard InChI is InChI=1S/C14H17BrO4/c1-17-14-3-2-11(6-12(14)15)13(16)9-19-8-10-4-5-18-7-10/h2-3,6,10H,4-5,7-9H2,1H3. The Morgan fingerprint density at radius 1 is 1.53 bits per heavy atom. The largest absolute Gasteiger partial charge is 0.496 e. The first kappa shape index (κ1) is 14.5. The third-order valence-electron chi connectivity index (χ3n) is 3.08. The minimum atomic E-state index is -0.0257. The van der Waals surface area contributed by atoms with E-state index < -0.39 is 0 Å². The molecule has 19 heavy (non-hydrogen) atoms. The summed E-state index contributed by atoms with van der Waals surface area (Å²) in [6, 6.07) is 5.26. The normalized spacial score (nSPS) is 18.5. The SMILES string of the molecule is COc1ccc(C(=O)COCC2CCOC2)cc1Br. The minimum Gasteiger partial charge on any atom is -0.496 e. The van der Waals surface area contributed by atoms with Crippen LogP contribution in [0, 0.1) is 5.92 Å². The molecule has 0 N–H and O–H groups in total. The van der Waals surface area contributed by atoms with Crippen molar-refractivity contribution in [2.75, 3.05) is 33.5 Å². The molecule has 1 atom stereocenters. The second kappa shape index (κ2) is 7.03. The third-order valence-corrected chi connectivity index (χ3v) is 3.70. The molecule has 1 saturated heterocycles. The Morgan fingerprint density at radius 3 is 3.00 bits per heavy atom. The van der Waals surface area contributed by atoms with Crippen molar-refractivity contribution in [3.8, 4) is 5.75 Å². The Hall–Kier alpha value is -0.910. The molecule has 0 aliphatic carbocycles. The summed E-state index contributed by atoms with van der Waals surface area (Å²) in [7, 11) is 1.59. The molecule has 1 fully saturated rings. The highest BCUT2D eigenvalue weighted by Crippen LogP contribution is 2.25. The Balaban J connectivity index is 1.83. The van der Waals surface area contributed by atoms with Gasteiger partial charge >= 0.3 is 0 Å². The summed E-state index contributed by atoms with van der Waals surface area (Å²) < 4.78 is 16.6. The Kier molecular flexibility index (Phi) is 5.36. The van der Waals surface area contributed by atoms with Crippen LogP contribution in [0.25, 0.3) is 0 Å². The summed E-state index contributed by atoms with van der Waals surface area (Å²) >= 11 is 3.36. The smallest absolute Gasteiger partial charge is 0.188 e. The molecule has 1 aliphatic rings. The minimum absolute atomic E-state index is 0.0257. The van der Waals surface area contributed by atoms with Crippen LogP contribution < -0.4 is 4.74 Å². The van der Waals surface area contributed by atoms with Gasteiger partial charge in [0.15, 0.2) is 5.78 Å². The summed E-state index contributed by atoms with van der Waals surface area (Å²) in [5.41, 5.74) is 0.621. The first-order chi connectivity index (χ1) is 9.20. The van der Waals surface area contributed by atoms with Crippen LogP contribution in [-0.2, 0) is 9.47 Å². The number of Topliss-reactive ketones (excluding diaryl/α,β-unsaturated/α-hetero) is 1. The van der Waals surface area contributed by atoms with Gasteiger partial charge in [-0.2, -0.15) is 0 Å². The number of hydrogen-bond donors (Lipinski definition) is 0. The predicted molar refractivity (Wildman–Crippen MR) is 74.8 cm³/mol. The zero-order valence-corrected chi connectivity index (χ0v) is 12.4. The molecule has 104 valence electrons. The maximum absolute atomic E-state index is 12.0. The van der Waals surface area contributed by atoms with Crippen molar-refractivity contribution >= 4 is 21.7 Å². The monoisotopic (exact) mass is 328 g/mol. The third kappa shape index (κ3) is 4.03. The molecule has 1 aromatic carbocycles. The molecule has 2 rings (SSSR count). The highest BCUT2D eigenvalue weighted by atomic mass is 79.9. The summed E-state index contributed by atoms with van der Waals surface area (Å²) in [6.07, 6.45) is 1.02.